The number of ether oxygens (including phenoxy) is 1. The molecule has 0 N–H and O–H groups in total. The van der Waals surface area contributed by atoms with E-state index in [0.29, 0.717) is 16.4 Å². The van der Waals surface area contributed by atoms with Gasteiger partial charge in [0.25, 0.3) is 5.91 Å². The van der Waals surface area contributed by atoms with Crippen molar-refractivity contribution in [3.05, 3.63) is 56.9 Å². The van der Waals surface area contributed by atoms with Gasteiger partial charge in [0.2, 0.25) is 0 Å². The van der Waals surface area contributed by atoms with Gasteiger partial charge in [-0.2, -0.15) is 0 Å². The molecule has 1 saturated heterocycles. The van der Waals surface area contributed by atoms with E-state index in [9.17, 15) is 9.59 Å². The second-order valence-corrected chi connectivity index (χ2v) is 7.66. The fourth-order valence-corrected chi connectivity index (χ4v) is 3.80. The lowest BCUT2D eigenvalue weighted by molar-refractivity contribution is -0.140. The van der Waals surface area contributed by atoms with Crippen LogP contribution in [-0.4, -0.2) is 35.5 Å². The molecule has 1 aliphatic heterocycles. The fraction of sp³-hybridized carbons (Fsp3) is 0.167. The van der Waals surface area contributed by atoms with Crippen LogP contribution >= 0.6 is 35.2 Å². The number of thiophene rings is 1. The van der Waals surface area contributed by atoms with Crippen molar-refractivity contribution in [2.45, 2.75) is 6.92 Å². The predicted octanol–water partition coefficient (Wildman–Crippen LogP) is 3.86. The minimum atomic E-state index is -0.480. The molecule has 0 unspecified atom stereocenters. The van der Waals surface area contributed by atoms with Gasteiger partial charge in [0, 0.05) is 14.8 Å². The zero-order valence-electron chi connectivity index (χ0n) is 14.1. The van der Waals surface area contributed by atoms with Crippen LogP contribution in [0, 0.1) is 6.92 Å². The maximum absolute atomic E-state index is 13.0. The zero-order valence-corrected chi connectivity index (χ0v) is 16.5. The van der Waals surface area contributed by atoms with Crippen LogP contribution in [0.2, 0.25) is 5.02 Å². The van der Waals surface area contributed by atoms with Crippen molar-refractivity contribution in [3.8, 4) is 0 Å². The van der Waals surface area contributed by atoms with Crippen molar-refractivity contribution in [2.75, 3.05) is 18.6 Å². The summed E-state index contributed by atoms with van der Waals surface area (Å²) < 4.78 is 4.74. The number of aryl methyl sites for hydroxylation is 1. The number of hydrogen-bond donors (Lipinski definition) is 0. The van der Waals surface area contributed by atoms with Gasteiger partial charge in [0.1, 0.15) is 12.2 Å². The lowest BCUT2D eigenvalue weighted by Crippen LogP contribution is -2.35. The highest BCUT2D eigenvalue weighted by molar-refractivity contribution is 7.80. The number of esters is 1. The number of thiocarbonyl (C=S) groups is 1. The Hall–Kier alpha value is -2.22. The Kier molecular flexibility index (Phi) is 5.41. The van der Waals surface area contributed by atoms with Gasteiger partial charge >= 0.3 is 5.97 Å². The molecule has 1 amide bonds. The summed E-state index contributed by atoms with van der Waals surface area (Å²) >= 11 is 13.0. The molecule has 134 valence electrons. The second-order valence-electron chi connectivity index (χ2n) is 5.54. The molecule has 1 aromatic carbocycles. The molecule has 26 heavy (non-hydrogen) atoms. The topological polar surface area (TPSA) is 49.9 Å². The number of carbonyl (C=O) groups is 2. The maximum atomic E-state index is 13.0. The molecule has 0 saturated carbocycles. The van der Waals surface area contributed by atoms with Gasteiger partial charge < -0.3 is 9.64 Å². The Morgan fingerprint density at radius 1 is 1.27 bits per heavy atom. The summed E-state index contributed by atoms with van der Waals surface area (Å²) in [6, 6.07) is 10.7. The highest BCUT2D eigenvalue weighted by atomic mass is 35.5. The van der Waals surface area contributed by atoms with E-state index >= 15 is 0 Å². The molecule has 0 spiro atoms. The average Bonchev–Trinajstić information content (AvgIpc) is 3.12. The van der Waals surface area contributed by atoms with Crippen molar-refractivity contribution >= 4 is 63.9 Å². The summed E-state index contributed by atoms with van der Waals surface area (Å²) in [5, 5.41) is 0.782. The molecule has 0 bridgehead atoms. The molecular formula is C18H15ClN2O3S2. The van der Waals surface area contributed by atoms with Crippen LogP contribution in [0.25, 0.3) is 6.08 Å². The quantitative estimate of drug-likeness (QED) is 0.438. The molecule has 3 rings (SSSR count). The molecule has 5 nitrogen and oxygen atoms in total. The summed E-state index contributed by atoms with van der Waals surface area (Å²) in [5.41, 5.74) is 0.919. The number of carbonyl (C=O) groups excluding carboxylic acids is 2. The van der Waals surface area contributed by atoms with Gasteiger partial charge in [-0.15, -0.1) is 11.3 Å². The van der Waals surface area contributed by atoms with Crippen molar-refractivity contribution in [3.63, 3.8) is 0 Å². The lowest BCUT2D eigenvalue weighted by atomic mass is 10.2. The van der Waals surface area contributed by atoms with E-state index in [-0.39, 0.29) is 17.6 Å². The average molecular weight is 407 g/mol. The molecule has 8 heteroatoms. The Balaban J connectivity index is 2.03. The first-order chi connectivity index (χ1) is 12.4. The number of hydrogen-bond acceptors (Lipinski definition) is 5. The molecule has 0 atom stereocenters. The SMILES string of the molecule is COC(=O)CN1C(=S)N(c2ccc(Cl)cc2)C(=O)/C1=C/c1ccc(C)s1. The van der Waals surface area contributed by atoms with Gasteiger partial charge in [0.05, 0.1) is 12.8 Å². The van der Waals surface area contributed by atoms with Crippen molar-refractivity contribution in [1.29, 1.82) is 0 Å². The van der Waals surface area contributed by atoms with E-state index in [0.717, 1.165) is 9.75 Å². The van der Waals surface area contributed by atoms with Crippen LogP contribution in [0.15, 0.2) is 42.1 Å². The van der Waals surface area contributed by atoms with Gasteiger partial charge in [0.15, 0.2) is 5.11 Å². The minimum Gasteiger partial charge on any atom is -0.468 e. The smallest absolute Gasteiger partial charge is 0.325 e. The summed E-state index contributed by atoms with van der Waals surface area (Å²) in [4.78, 5) is 29.8. The van der Waals surface area contributed by atoms with E-state index in [2.05, 4.69) is 0 Å². The number of rotatable bonds is 4. The highest BCUT2D eigenvalue weighted by Crippen LogP contribution is 2.31. The lowest BCUT2D eigenvalue weighted by Gasteiger charge is -2.19. The third-order valence-corrected chi connectivity index (χ3v) is 5.38. The molecule has 1 fully saturated rings. The van der Waals surface area contributed by atoms with Crippen LogP contribution < -0.4 is 4.90 Å². The summed E-state index contributed by atoms with van der Waals surface area (Å²) in [5.74, 6) is -0.779. The van der Waals surface area contributed by atoms with Gasteiger partial charge in [-0.25, -0.2) is 0 Å². The number of benzene rings is 1. The highest BCUT2D eigenvalue weighted by Gasteiger charge is 2.40. The van der Waals surface area contributed by atoms with Crippen LogP contribution in [0.5, 0.6) is 0 Å². The number of amides is 1. The Labute approximate surface area is 165 Å². The first kappa shape index (κ1) is 18.6. The Morgan fingerprint density at radius 2 is 1.96 bits per heavy atom. The van der Waals surface area contributed by atoms with E-state index in [1.54, 1.807) is 41.7 Å². The molecule has 1 aromatic heterocycles. The summed E-state index contributed by atoms with van der Waals surface area (Å²) in [7, 11) is 1.30. The Bertz CT molecular complexity index is 905. The van der Waals surface area contributed by atoms with Gasteiger partial charge in [-0.1, -0.05) is 11.6 Å². The van der Waals surface area contributed by atoms with E-state index < -0.39 is 5.97 Å². The Morgan fingerprint density at radius 3 is 2.54 bits per heavy atom. The van der Waals surface area contributed by atoms with E-state index in [1.165, 1.54) is 16.9 Å². The molecular weight excluding hydrogens is 392 g/mol. The number of methoxy groups -OCH3 is 1. The van der Waals surface area contributed by atoms with Crippen molar-refractivity contribution in [1.82, 2.24) is 4.90 Å². The standard InChI is InChI=1S/C18H15ClN2O3S2/c1-11-3-8-14(26-11)9-15-17(23)21(13-6-4-12(19)5-7-13)18(25)20(15)10-16(22)24-2/h3-9H,10H2,1-2H3/b15-9-. The molecule has 0 radical (unpaired) electrons. The van der Waals surface area contributed by atoms with Crippen molar-refractivity contribution < 1.29 is 14.3 Å². The number of nitrogens with zero attached hydrogens (tertiary/aromatic N) is 2. The van der Waals surface area contributed by atoms with Crippen LogP contribution in [0.1, 0.15) is 9.75 Å². The molecule has 1 aliphatic rings. The number of anilines is 1. The molecule has 0 aliphatic carbocycles. The van der Waals surface area contributed by atoms with Crippen molar-refractivity contribution in [2.24, 2.45) is 0 Å². The first-order valence-corrected chi connectivity index (χ1v) is 9.27. The third-order valence-electron chi connectivity index (χ3n) is 3.78. The first-order valence-electron chi connectivity index (χ1n) is 7.67. The monoisotopic (exact) mass is 406 g/mol. The van der Waals surface area contributed by atoms with Crippen LogP contribution in [0.3, 0.4) is 0 Å². The zero-order chi connectivity index (χ0) is 18.8. The fourth-order valence-electron chi connectivity index (χ4n) is 2.51. The summed E-state index contributed by atoms with van der Waals surface area (Å²) in [6.45, 7) is 1.85. The predicted molar refractivity (Wildman–Crippen MR) is 107 cm³/mol. The van der Waals surface area contributed by atoms with Gasteiger partial charge in [-0.3, -0.25) is 14.5 Å². The van der Waals surface area contributed by atoms with Gasteiger partial charge in [-0.05, 0) is 61.6 Å². The number of halogens is 1. The molecule has 2 heterocycles. The largest absolute Gasteiger partial charge is 0.468 e. The van der Waals surface area contributed by atoms with Crippen LogP contribution in [0.4, 0.5) is 5.69 Å². The second kappa shape index (κ2) is 7.57. The maximum Gasteiger partial charge on any atom is 0.325 e. The molecule has 2 aromatic rings. The third kappa shape index (κ3) is 3.65. The normalized spacial score (nSPS) is 15.9. The van der Waals surface area contributed by atoms with E-state index in [1.807, 2.05) is 19.1 Å². The minimum absolute atomic E-state index is 0.138. The van der Waals surface area contributed by atoms with Crippen LogP contribution in [-0.2, 0) is 14.3 Å². The van der Waals surface area contributed by atoms with E-state index in [4.69, 9.17) is 28.6 Å². The summed E-state index contributed by atoms with van der Waals surface area (Å²) in [6.07, 6.45) is 1.74.